The SMILES string of the molecule is NC1CCN(c2ccncc2Nc2nccc3sc(-c4ccccc4)nc23)CC1. The second-order valence-electron chi connectivity index (χ2n) is 7.23. The normalized spacial score (nSPS) is 15.0. The van der Waals surface area contributed by atoms with Crippen LogP contribution in [0.25, 0.3) is 20.8 Å². The van der Waals surface area contributed by atoms with Crippen molar-refractivity contribution in [3.05, 3.63) is 61.1 Å². The third-order valence-corrected chi connectivity index (χ3v) is 6.33. The minimum absolute atomic E-state index is 0.298. The van der Waals surface area contributed by atoms with E-state index in [0.717, 1.165) is 63.9 Å². The highest BCUT2D eigenvalue weighted by molar-refractivity contribution is 7.21. The van der Waals surface area contributed by atoms with E-state index in [1.165, 1.54) is 0 Å². The van der Waals surface area contributed by atoms with E-state index in [2.05, 4.69) is 38.4 Å². The molecule has 0 amide bonds. The van der Waals surface area contributed by atoms with Gasteiger partial charge in [-0.3, -0.25) is 4.98 Å². The van der Waals surface area contributed by atoms with Gasteiger partial charge in [-0.1, -0.05) is 30.3 Å². The second kappa shape index (κ2) is 7.77. The van der Waals surface area contributed by atoms with Gasteiger partial charge >= 0.3 is 0 Å². The van der Waals surface area contributed by atoms with Crippen molar-refractivity contribution in [3.63, 3.8) is 0 Å². The number of hydrogen-bond acceptors (Lipinski definition) is 7. The lowest BCUT2D eigenvalue weighted by Crippen LogP contribution is -2.39. The molecule has 0 unspecified atom stereocenters. The van der Waals surface area contributed by atoms with Crippen LogP contribution in [0.5, 0.6) is 0 Å². The molecule has 4 heterocycles. The maximum absolute atomic E-state index is 6.08. The molecule has 5 rings (SSSR count). The summed E-state index contributed by atoms with van der Waals surface area (Å²) in [6.07, 6.45) is 7.52. The first-order valence-corrected chi connectivity index (χ1v) is 10.6. The molecule has 0 aliphatic carbocycles. The molecule has 0 bridgehead atoms. The Hall–Kier alpha value is -3.03. The van der Waals surface area contributed by atoms with Crippen LogP contribution in [-0.4, -0.2) is 34.1 Å². The predicted molar refractivity (Wildman–Crippen MR) is 120 cm³/mol. The molecule has 3 N–H and O–H groups in total. The van der Waals surface area contributed by atoms with Gasteiger partial charge in [0.05, 0.1) is 22.3 Å². The topological polar surface area (TPSA) is 80.0 Å². The molecule has 0 atom stereocenters. The Morgan fingerprint density at radius 3 is 2.69 bits per heavy atom. The summed E-state index contributed by atoms with van der Waals surface area (Å²) in [7, 11) is 0. The van der Waals surface area contributed by atoms with Crippen molar-refractivity contribution in [1.29, 1.82) is 0 Å². The van der Waals surface area contributed by atoms with Gasteiger partial charge in [-0.2, -0.15) is 0 Å². The molecule has 0 saturated carbocycles. The number of thiazole rings is 1. The van der Waals surface area contributed by atoms with Crippen LogP contribution in [0.2, 0.25) is 0 Å². The molecule has 146 valence electrons. The minimum atomic E-state index is 0.298. The highest BCUT2D eigenvalue weighted by Crippen LogP contribution is 2.35. The monoisotopic (exact) mass is 402 g/mol. The van der Waals surface area contributed by atoms with Gasteiger partial charge in [-0.15, -0.1) is 11.3 Å². The van der Waals surface area contributed by atoms with E-state index in [1.807, 2.05) is 42.9 Å². The van der Waals surface area contributed by atoms with Crippen molar-refractivity contribution in [2.75, 3.05) is 23.3 Å². The van der Waals surface area contributed by atoms with E-state index in [4.69, 9.17) is 10.7 Å². The first-order chi connectivity index (χ1) is 14.3. The molecule has 1 saturated heterocycles. The molecule has 0 radical (unpaired) electrons. The van der Waals surface area contributed by atoms with Crippen LogP contribution in [0.4, 0.5) is 17.2 Å². The molecule has 3 aromatic heterocycles. The fraction of sp³-hybridized carbons (Fsp3) is 0.227. The van der Waals surface area contributed by atoms with Crippen LogP contribution in [0.3, 0.4) is 0 Å². The van der Waals surface area contributed by atoms with Crippen LogP contribution in [0.15, 0.2) is 61.1 Å². The van der Waals surface area contributed by atoms with Crippen LogP contribution in [0, 0.1) is 0 Å². The third-order valence-electron chi connectivity index (χ3n) is 5.26. The van der Waals surface area contributed by atoms with Crippen molar-refractivity contribution in [2.45, 2.75) is 18.9 Å². The fourth-order valence-electron chi connectivity index (χ4n) is 3.68. The summed E-state index contributed by atoms with van der Waals surface area (Å²) in [5.74, 6) is 0.754. The van der Waals surface area contributed by atoms with Gasteiger partial charge in [0.1, 0.15) is 10.5 Å². The summed E-state index contributed by atoms with van der Waals surface area (Å²) >= 11 is 1.68. The third kappa shape index (κ3) is 3.66. The van der Waals surface area contributed by atoms with Crippen molar-refractivity contribution in [2.24, 2.45) is 5.73 Å². The number of rotatable bonds is 4. The average Bonchev–Trinajstić information content (AvgIpc) is 3.21. The van der Waals surface area contributed by atoms with Crippen molar-refractivity contribution in [1.82, 2.24) is 15.0 Å². The Morgan fingerprint density at radius 1 is 1.03 bits per heavy atom. The van der Waals surface area contributed by atoms with Crippen molar-refractivity contribution in [3.8, 4) is 10.6 Å². The molecule has 1 aliphatic heterocycles. The van der Waals surface area contributed by atoms with E-state index >= 15 is 0 Å². The van der Waals surface area contributed by atoms with Crippen LogP contribution >= 0.6 is 11.3 Å². The van der Waals surface area contributed by atoms with Gasteiger partial charge in [-0.05, 0) is 25.0 Å². The molecular formula is C22H22N6S. The highest BCUT2D eigenvalue weighted by Gasteiger charge is 2.19. The molecule has 6 nitrogen and oxygen atoms in total. The van der Waals surface area contributed by atoms with Crippen LogP contribution in [0.1, 0.15) is 12.8 Å². The van der Waals surface area contributed by atoms with E-state index in [9.17, 15) is 0 Å². The maximum Gasteiger partial charge on any atom is 0.157 e. The molecule has 1 aromatic carbocycles. The first-order valence-electron chi connectivity index (χ1n) is 9.80. The largest absolute Gasteiger partial charge is 0.370 e. The van der Waals surface area contributed by atoms with Crippen LogP contribution < -0.4 is 16.0 Å². The molecule has 0 spiro atoms. The summed E-state index contributed by atoms with van der Waals surface area (Å²) in [5, 5.41) is 4.48. The lowest BCUT2D eigenvalue weighted by atomic mass is 10.1. The Labute approximate surface area is 173 Å². The molecular weight excluding hydrogens is 380 g/mol. The smallest absolute Gasteiger partial charge is 0.157 e. The Balaban J connectivity index is 1.49. The lowest BCUT2D eigenvalue weighted by molar-refractivity contribution is 0.501. The maximum atomic E-state index is 6.08. The van der Waals surface area contributed by atoms with Crippen molar-refractivity contribution < 1.29 is 0 Å². The minimum Gasteiger partial charge on any atom is -0.370 e. The number of hydrogen-bond donors (Lipinski definition) is 2. The van der Waals surface area contributed by atoms with Gasteiger partial charge in [0.25, 0.3) is 0 Å². The average molecular weight is 403 g/mol. The molecule has 1 fully saturated rings. The number of aromatic nitrogens is 3. The van der Waals surface area contributed by atoms with Gasteiger partial charge in [0.2, 0.25) is 0 Å². The van der Waals surface area contributed by atoms with E-state index in [-0.39, 0.29) is 0 Å². The number of fused-ring (bicyclic) bond motifs is 1. The van der Waals surface area contributed by atoms with Crippen molar-refractivity contribution >= 4 is 38.7 Å². The molecule has 4 aromatic rings. The summed E-state index contributed by atoms with van der Waals surface area (Å²) in [6, 6.07) is 14.6. The highest BCUT2D eigenvalue weighted by atomic mass is 32.1. The van der Waals surface area contributed by atoms with Gasteiger partial charge < -0.3 is 16.0 Å². The Kier molecular flexibility index (Phi) is 4.83. The predicted octanol–water partition coefficient (Wildman–Crippen LogP) is 4.42. The summed E-state index contributed by atoms with van der Waals surface area (Å²) < 4.78 is 1.11. The van der Waals surface area contributed by atoms with E-state index in [1.54, 1.807) is 11.3 Å². The second-order valence-corrected chi connectivity index (χ2v) is 8.26. The quantitative estimate of drug-likeness (QED) is 0.526. The zero-order valence-electron chi connectivity index (χ0n) is 16.0. The molecule has 1 aliphatic rings. The summed E-state index contributed by atoms with van der Waals surface area (Å²) in [6.45, 7) is 1.90. The first kappa shape index (κ1) is 18.0. The van der Waals surface area contributed by atoms with Gasteiger partial charge in [0, 0.05) is 37.1 Å². The zero-order valence-corrected chi connectivity index (χ0v) is 16.8. The Morgan fingerprint density at radius 2 is 1.86 bits per heavy atom. The standard InChI is InChI=1S/C22H22N6S/c23-16-8-12-28(13-9-16)18-6-10-24-14-17(18)26-21-20-19(7-11-25-21)29-22(27-20)15-4-2-1-3-5-15/h1-7,10-11,14,16H,8-9,12-13,23H2,(H,25,26). The number of nitrogens with two attached hydrogens (primary N) is 1. The Bertz CT molecular complexity index is 1120. The number of nitrogens with zero attached hydrogens (tertiary/aromatic N) is 4. The zero-order chi connectivity index (χ0) is 19.6. The number of anilines is 3. The van der Waals surface area contributed by atoms with E-state index < -0.39 is 0 Å². The van der Waals surface area contributed by atoms with Gasteiger partial charge in [0.15, 0.2) is 5.82 Å². The van der Waals surface area contributed by atoms with Crippen LogP contribution in [-0.2, 0) is 0 Å². The lowest BCUT2D eigenvalue weighted by Gasteiger charge is -2.33. The summed E-state index contributed by atoms with van der Waals surface area (Å²) in [4.78, 5) is 16.1. The molecule has 7 heteroatoms. The number of benzene rings is 1. The number of piperidine rings is 1. The van der Waals surface area contributed by atoms with E-state index in [0.29, 0.717) is 6.04 Å². The fourth-order valence-corrected chi connectivity index (χ4v) is 4.65. The number of pyridine rings is 2. The van der Waals surface area contributed by atoms with Gasteiger partial charge in [-0.25, -0.2) is 9.97 Å². The number of nitrogens with one attached hydrogen (secondary N) is 1. The summed E-state index contributed by atoms with van der Waals surface area (Å²) in [5.41, 5.74) is 10.1. The molecule has 29 heavy (non-hydrogen) atoms.